The summed E-state index contributed by atoms with van der Waals surface area (Å²) >= 11 is 0. The topological polar surface area (TPSA) is 93.5 Å². The molecule has 0 spiro atoms. The second-order valence-corrected chi connectivity index (χ2v) is 8.17. The van der Waals surface area contributed by atoms with E-state index in [2.05, 4.69) is 26.9 Å². The first-order valence-corrected chi connectivity index (χ1v) is 12.5. The third kappa shape index (κ3) is 6.37. The molecule has 0 aliphatic carbocycles. The molecule has 1 N–H and O–H groups in total. The van der Waals surface area contributed by atoms with Crippen LogP contribution in [0.3, 0.4) is 0 Å². The number of nitrogens with one attached hydrogen (secondary N) is 1. The van der Waals surface area contributed by atoms with Gasteiger partial charge in [-0.25, -0.2) is 9.79 Å². The van der Waals surface area contributed by atoms with E-state index in [9.17, 15) is 9.59 Å². The summed E-state index contributed by atoms with van der Waals surface area (Å²) in [6.45, 7) is 11.8. The number of esters is 1. The molecular formula is C31H32N4O3. The van der Waals surface area contributed by atoms with E-state index in [1.165, 1.54) is 7.11 Å². The molecule has 2 aromatic heterocycles. The first-order chi connectivity index (χ1) is 18.4. The largest absolute Gasteiger partial charge is 0.465 e. The predicted molar refractivity (Wildman–Crippen MR) is 154 cm³/mol. The van der Waals surface area contributed by atoms with Crippen LogP contribution in [0.2, 0.25) is 0 Å². The van der Waals surface area contributed by atoms with Gasteiger partial charge in [-0.05, 0) is 65.8 Å². The minimum Gasteiger partial charge on any atom is -0.465 e. The van der Waals surface area contributed by atoms with Gasteiger partial charge in [0.15, 0.2) is 0 Å². The number of nitrogens with zero attached hydrogens (tertiary/aromatic N) is 3. The number of carbonyl (C=O) groups is 2. The van der Waals surface area contributed by atoms with Crippen molar-refractivity contribution in [2.45, 2.75) is 34.1 Å². The summed E-state index contributed by atoms with van der Waals surface area (Å²) in [5, 5.41) is 4.64. The summed E-state index contributed by atoms with van der Waals surface area (Å²) in [6, 6.07) is 16.8. The Morgan fingerprint density at radius 1 is 0.974 bits per heavy atom. The van der Waals surface area contributed by atoms with E-state index in [0.717, 1.165) is 27.5 Å². The number of methoxy groups -OCH3 is 1. The Bertz CT molecular complexity index is 1460. The second kappa shape index (κ2) is 13.1. The number of pyridine rings is 2. The fourth-order valence-electron chi connectivity index (χ4n) is 3.82. The highest BCUT2D eigenvalue weighted by Gasteiger charge is 2.20. The van der Waals surface area contributed by atoms with E-state index >= 15 is 0 Å². The third-order valence-electron chi connectivity index (χ3n) is 5.77. The zero-order valence-electron chi connectivity index (χ0n) is 22.4. The van der Waals surface area contributed by atoms with Crippen LogP contribution in [-0.4, -0.2) is 34.8 Å². The number of aromatic nitrogens is 2. The van der Waals surface area contributed by atoms with E-state index in [1.807, 2.05) is 63.2 Å². The number of hydrogen-bond acceptors (Lipinski definition) is 6. The predicted octanol–water partition coefficient (Wildman–Crippen LogP) is 7.01. The first-order valence-electron chi connectivity index (χ1n) is 12.5. The lowest BCUT2D eigenvalue weighted by atomic mass is 9.94. The highest BCUT2D eigenvalue weighted by atomic mass is 16.5. The molecule has 0 radical (unpaired) electrons. The lowest BCUT2D eigenvalue weighted by molar-refractivity contribution is 0.0601. The van der Waals surface area contributed by atoms with E-state index in [4.69, 9.17) is 4.74 Å². The fraction of sp³-hybridized carbons (Fsp3) is 0.194. The molecule has 0 saturated carbocycles. The molecule has 7 heteroatoms. The molecule has 0 unspecified atom stereocenters. The number of ether oxygens (including phenoxy) is 1. The number of amidine groups is 1. The summed E-state index contributed by atoms with van der Waals surface area (Å²) in [4.78, 5) is 38.7. The molecule has 1 amide bonds. The molecule has 4 rings (SSSR count). The molecule has 0 fully saturated rings. The van der Waals surface area contributed by atoms with Crippen LogP contribution in [0.5, 0.6) is 0 Å². The van der Waals surface area contributed by atoms with Crippen molar-refractivity contribution in [2.24, 2.45) is 4.99 Å². The van der Waals surface area contributed by atoms with Crippen LogP contribution < -0.4 is 5.32 Å². The van der Waals surface area contributed by atoms with Gasteiger partial charge in [-0.2, -0.15) is 0 Å². The normalized spacial score (nSPS) is 10.8. The highest BCUT2D eigenvalue weighted by molar-refractivity contribution is 6.08. The summed E-state index contributed by atoms with van der Waals surface area (Å²) in [5.74, 6) is -0.627. The van der Waals surface area contributed by atoms with Crippen LogP contribution in [0.25, 0.3) is 27.5 Å². The van der Waals surface area contributed by atoms with Gasteiger partial charge >= 0.3 is 5.97 Å². The van der Waals surface area contributed by atoms with Gasteiger partial charge in [-0.3, -0.25) is 14.8 Å². The molecule has 0 aliphatic rings. The second-order valence-electron chi connectivity index (χ2n) is 8.17. The Kier molecular flexibility index (Phi) is 9.60. The molecule has 0 bridgehead atoms. The van der Waals surface area contributed by atoms with Gasteiger partial charge in [0.2, 0.25) is 0 Å². The number of hydrogen-bond donors (Lipinski definition) is 1. The molecule has 4 aromatic rings. The van der Waals surface area contributed by atoms with Crippen LogP contribution in [0, 0.1) is 0 Å². The van der Waals surface area contributed by atoms with Crippen LogP contribution in [-0.2, 0) is 4.74 Å². The highest BCUT2D eigenvalue weighted by Crippen LogP contribution is 2.36. The smallest absolute Gasteiger partial charge is 0.340 e. The summed E-state index contributed by atoms with van der Waals surface area (Å²) in [5.41, 5.74) is 4.12. The minimum absolute atomic E-state index is 0.266. The summed E-state index contributed by atoms with van der Waals surface area (Å²) in [6.07, 6.45) is 5.69. The van der Waals surface area contributed by atoms with Crippen molar-refractivity contribution in [3.05, 3.63) is 96.6 Å². The molecule has 2 heterocycles. The van der Waals surface area contributed by atoms with E-state index in [1.54, 1.807) is 37.6 Å². The third-order valence-corrected chi connectivity index (χ3v) is 5.77. The standard InChI is InChI=1S/C29H26N4O3.C2H6/c1-5-18(2)24-14-23(20-10-12-30-13-11-20)15-25(29(35)36-4)27(24)32-19(3)33-28(34)26-16-21-8-6-7-9-22(21)17-31-26;1-2/h6-17H,2,5H2,1,3-4H3,(H,32,33,34);1-2H3. The Hall–Kier alpha value is -4.65. The van der Waals surface area contributed by atoms with Crippen molar-refractivity contribution in [3.63, 3.8) is 0 Å². The number of allylic oxidation sites excluding steroid dienone is 1. The number of fused-ring (bicyclic) bond motifs is 1. The van der Waals surface area contributed by atoms with Gasteiger partial charge in [-0.15, -0.1) is 0 Å². The first kappa shape index (κ1) is 27.9. The van der Waals surface area contributed by atoms with Crippen LogP contribution >= 0.6 is 0 Å². The molecule has 194 valence electrons. The molecule has 0 saturated heterocycles. The maximum Gasteiger partial charge on any atom is 0.340 e. The van der Waals surface area contributed by atoms with Crippen LogP contribution in [0.1, 0.15) is 60.5 Å². The van der Waals surface area contributed by atoms with Gasteiger partial charge in [0, 0.05) is 29.5 Å². The molecular weight excluding hydrogens is 476 g/mol. The van der Waals surface area contributed by atoms with Gasteiger partial charge in [0.1, 0.15) is 11.5 Å². The monoisotopic (exact) mass is 508 g/mol. The lowest BCUT2D eigenvalue weighted by Gasteiger charge is -2.16. The molecule has 38 heavy (non-hydrogen) atoms. The summed E-state index contributed by atoms with van der Waals surface area (Å²) in [7, 11) is 1.32. The number of rotatable bonds is 6. The number of carbonyl (C=O) groups excluding carboxylic acids is 2. The molecule has 0 atom stereocenters. The van der Waals surface area contributed by atoms with Gasteiger partial charge < -0.3 is 10.1 Å². The van der Waals surface area contributed by atoms with Gasteiger partial charge in [0.25, 0.3) is 5.91 Å². The van der Waals surface area contributed by atoms with Crippen molar-refractivity contribution in [1.29, 1.82) is 0 Å². The SMILES string of the molecule is C=C(CC)c1cc(-c2ccncc2)cc(C(=O)OC)c1N=C(C)NC(=O)c1cc2ccccc2cn1.CC. The zero-order chi connectivity index (χ0) is 27.7. The average molecular weight is 509 g/mol. The Morgan fingerprint density at radius 3 is 2.29 bits per heavy atom. The molecule has 2 aromatic carbocycles. The number of amides is 1. The van der Waals surface area contributed by atoms with Crippen molar-refractivity contribution in [2.75, 3.05) is 7.11 Å². The maximum atomic E-state index is 12.9. The van der Waals surface area contributed by atoms with Crippen LogP contribution in [0.4, 0.5) is 5.69 Å². The number of aliphatic imine (C=N–C) groups is 1. The number of benzene rings is 2. The lowest BCUT2D eigenvalue weighted by Crippen LogP contribution is -2.29. The Morgan fingerprint density at radius 2 is 1.63 bits per heavy atom. The van der Waals surface area contributed by atoms with Crippen molar-refractivity contribution in [1.82, 2.24) is 15.3 Å². The van der Waals surface area contributed by atoms with Crippen molar-refractivity contribution >= 4 is 39.7 Å². The van der Waals surface area contributed by atoms with Gasteiger partial charge in [0.05, 0.1) is 18.4 Å². The minimum atomic E-state index is -0.537. The average Bonchev–Trinajstić information content (AvgIpc) is 2.97. The van der Waals surface area contributed by atoms with Crippen LogP contribution in [0.15, 0.2) is 84.8 Å². The van der Waals surface area contributed by atoms with Crippen molar-refractivity contribution in [3.8, 4) is 11.1 Å². The molecule has 7 nitrogen and oxygen atoms in total. The quantitative estimate of drug-likeness (QED) is 0.172. The maximum absolute atomic E-state index is 12.9. The molecule has 0 aliphatic heterocycles. The van der Waals surface area contributed by atoms with Crippen molar-refractivity contribution < 1.29 is 14.3 Å². The van der Waals surface area contributed by atoms with Gasteiger partial charge in [-0.1, -0.05) is 51.6 Å². The van der Waals surface area contributed by atoms with E-state index < -0.39 is 11.9 Å². The Balaban J connectivity index is 0.00000195. The van der Waals surface area contributed by atoms with E-state index in [0.29, 0.717) is 23.5 Å². The Labute approximate surface area is 223 Å². The fourth-order valence-corrected chi connectivity index (χ4v) is 3.82. The van der Waals surface area contributed by atoms with E-state index in [-0.39, 0.29) is 11.3 Å². The zero-order valence-corrected chi connectivity index (χ0v) is 22.4. The summed E-state index contributed by atoms with van der Waals surface area (Å²) < 4.78 is 5.06.